The maximum absolute atomic E-state index is 13.3. The van der Waals surface area contributed by atoms with E-state index in [9.17, 15) is 14.7 Å². The van der Waals surface area contributed by atoms with Gasteiger partial charge in [-0.05, 0) is 65.3 Å². The molecule has 3 heterocycles. The number of fused-ring (bicyclic) bond motifs is 1. The first-order chi connectivity index (χ1) is 15.8. The Bertz CT molecular complexity index is 1250. The van der Waals surface area contributed by atoms with Crippen LogP contribution in [0, 0.1) is 6.92 Å². The molecule has 1 amide bonds. The van der Waals surface area contributed by atoms with Crippen molar-refractivity contribution in [3.8, 4) is 11.5 Å². The third-order valence-electron chi connectivity index (χ3n) is 5.75. The number of ether oxygens (including phenoxy) is 1. The number of pyridine rings is 1. The average molecular weight is 469 g/mol. The van der Waals surface area contributed by atoms with E-state index in [1.54, 1.807) is 23.4 Å². The summed E-state index contributed by atoms with van der Waals surface area (Å²) in [6.07, 6.45) is -0.345. The van der Waals surface area contributed by atoms with Crippen LogP contribution < -0.4 is 10.6 Å². The Hall–Kier alpha value is -3.33. The molecule has 1 N–H and O–H groups in total. The van der Waals surface area contributed by atoms with Crippen LogP contribution >= 0.6 is 0 Å². The van der Waals surface area contributed by atoms with Gasteiger partial charge in [-0.1, -0.05) is 12.1 Å². The quantitative estimate of drug-likeness (QED) is 0.629. The fourth-order valence-electron chi connectivity index (χ4n) is 4.00. The van der Waals surface area contributed by atoms with Gasteiger partial charge in [-0.3, -0.25) is 4.79 Å². The maximum atomic E-state index is 13.3. The lowest BCUT2D eigenvalue weighted by atomic mass is 9.97. The van der Waals surface area contributed by atoms with E-state index < -0.39 is 11.2 Å². The van der Waals surface area contributed by atoms with Gasteiger partial charge in [0.15, 0.2) is 0 Å². The summed E-state index contributed by atoms with van der Waals surface area (Å²) >= 11 is 0. The van der Waals surface area contributed by atoms with Crippen molar-refractivity contribution in [1.82, 2.24) is 14.6 Å². The van der Waals surface area contributed by atoms with Gasteiger partial charge in [-0.2, -0.15) is 0 Å². The molecule has 0 spiro atoms. The van der Waals surface area contributed by atoms with Gasteiger partial charge in [0.05, 0.1) is 18.7 Å². The Kier molecular flexibility index (Phi) is 5.93. The van der Waals surface area contributed by atoms with Crippen LogP contribution in [-0.4, -0.2) is 57.5 Å². The van der Waals surface area contributed by atoms with E-state index in [2.05, 4.69) is 4.98 Å². The Balaban J connectivity index is 1.57. The van der Waals surface area contributed by atoms with Crippen LogP contribution in [0.3, 0.4) is 0 Å². The number of hydrogen-bond donors (Lipinski definition) is 1. The molecule has 0 atom stereocenters. The molecule has 3 aromatic rings. The van der Waals surface area contributed by atoms with Crippen molar-refractivity contribution < 1.29 is 19.1 Å². The molecule has 0 radical (unpaired) electrons. The maximum Gasteiger partial charge on any atom is 0.410 e. The van der Waals surface area contributed by atoms with E-state index >= 15 is 0 Å². The Morgan fingerprint density at radius 2 is 1.68 bits per heavy atom. The van der Waals surface area contributed by atoms with Crippen LogP contribution in [0.1, 0.15) is 45.9 Å². The predicted molar refractivity (Wildman–Crippen MR) is 129 cm³/mol. The molecule has 4 rings (SSSR count). The second-order valence-electron chi connectivity index (χ2n) is 10.2. The molecule has 1 aliphatic heterocycles. The minimum atomic E-state index is -0.946. The van der Waals surface area contributed by atoms with Crippen molar-refractivity contribution in [2.75, 3.05) is 31.2 Å². The number of amides is 1. The summed E-state index contributed by atoms with van der Waals surface area (Å²) in [4.78, 5) is 31.9. The second-order valence-corrected chi connectivity index (χ2v) is 10.2. The zero-order valence-corrected chi connectivity index (χ0v) is 20.6. The van der Waals surface area contributed by atoms with Crippen LogP contribution in [0.15, 0.2) is 39.5 Å². The van der Waals surface area contributed by atoms with Gasteiger partial charge < -0.3 is 24.2 Å². The molecule has 2 aromatic heterocycles. The number of carbonyl (C=O) groups is 1. The number of benzene rings is 1. The molecule has 1 fully saturated rings. The van der Waals surface area contributed by atoms with Gasteiger partial charge in [0, 0.05) is 24.3 Å². The first kappa shape index (κ1) is 23.8. The summed E-state index contributed by atoms with van der Waals surface area (Å²) in [7, 11) is 0. The lowest BCUT2D eigenvalue weighted by Gasteiger charge is -2.37. The highest BCUT2D eigenvalue weighted by Crippen LogP contribution is 2.26. The summed E-state index contributed by atoms with van der Waals surface area (Å²) < 4.78 is 12.9. The van der Waals surface area contributed by atoms with E-state index in [1.807, 2.05) is 63.0 Å². The lowest BCUT2D eigenvalue weighted by Crippen LogP contribution is -2.56. The van der Waals surface area contributed by atoms with Crippen molar-refractivity contribution in [3.63, 3.8) is 0 Å². The molecular weight excluding hydrogens is 436 g/mol. The van der Waals surface area contributed by atoms with Crippen molar-refractivity contribution in [3.05, 3.63) is 51.9 Å². The molecule has 0 saturated carbocycles. The van der Waals surface area contributed by atoms with E-state index in [-0.39, 0.29) is 17.2 Å². The molecule has 0 aliphatic carbocycles. The van der Waals surface area contributed by atoms with E-state index in [1.165, 1.54) is 0 Å². The minimum Gasteiger partial charge on any atom is -0.444 e. The number of piperazine rings is 1. The van der Waals surface area contributed by atoms with Crippen molar-refractivity contribution >= 4 is 17.2 Å². The number of nitrogens with zero attached hydrogens (tertiary/aromatic N) is 4. The van der Waals surface area contributed by atoms with E-state index in [0.717, 1.165) is 16.8 Å². The van der Waals surface area contributed by atoms with Crippen molar-refractivity contribution in [1.29, 1.82) is 0 Å². The standard InChI is InChI=1S/C25H32N4O5/c1-16-15-19-20(33-21(26-19)17-7-9-18(10-8-17)25(5,6)32)22(30)29(16)28-13-11-27(12-14-28)23(31)34-24(2,3)4/h7-10,15,32H,11-14H2,1-6H3. The summed E-state index contributed by atoms with van der Waals surface area (Å²) in [5, 5.41) is 12.1. The van der Waals surface area contributed by atoms with Crippen LogP contribution in [-0.2, 0) is 10.3 Å². The topological polar surface area (TPSA) is 101 Å². The Morgan fingerprint density at radius 1 is 1.06 bits per heavy atom. The molecule has 0 bridgehead atoms. The van der Waals surface area contributed by atoms with Gasteiger partial charge in [0.25, 0.3) is 0 Å². The van der Waals surface area contributed by atoms with Crippen LogP contribution in [0.2, 0.25) is 0 Å². The average Bonchev–Trinajstić information content (AvgIpc) is 3.17. The molecule has 1 aliphatic rings. The third kappa shape index (κ3) is 4.79. The van der Waals surface area contributed by atoms with Gasteiger partial charge in [-0.15, -0.1) is 0 Å². The Morgan fingerprint density at radius 3 is 2.24 bits per heavy atom. The summed E-state index contributed by atoms with van der Waals surface area (Å²) in [5.74, 6) is 0.348. The molecule has 0 unspecified atom stereocenters. The fourth-order valence-corrected chi connectivity index (χ4v) is 4.00. The molecule has 34 heavy (non-hydrogen) atoms. The number of oxazole rings is 1. The second kappa shape index (κ2) is 8.47. The highest BCUT2D eigenvalue weighted by Gasteiger charge is 2.27. The number of rotatable bonds is 3. The molecule has 1 aromatic carbocycles. The number of carbonyl (C=O) groups excluding carboxylic acids is 1. The van der Waals surface area contributed by atoms with Crippen LogP contribution in [0.4, 0.5) is 4.79 Å². The normalized spacial score (nSPS) is 15.1. The highest BCUT2D eigenvalue weighted by molar-refractivity contribution is 5.76. The molecule has 9 nitrogen and oxygen atoms in total. The molecule has 182 valence electrons. The SMILES string of the molecule is Cc1cc2nc(-c3ccc(C(C)(C)O)cc3)oc2c(=O)n1N1CCN(C(=O)OC(C)(C)C)CC1. The first-order valence-electron chi connectivity index (χ1n) is 11.4. The number of hydrogen-bond acceptors (Lipinski definition) is 7. The smallest absolute Gasteiger partial charge is 0.410 e. The number of aryl methyl sites for hydroxylation is 1. The van der Waals surface area contributed by atoms with Gasteiger partial charge in [0.2, 0.25) is 11.5 Å². The lowest BCUT2D eigenvalue weighted by molar-refractivity contribution is 0.0231. The van der Waals surface area contributed by atoms with Crippen LogP contribution in [0.5, 0.6) is 0 Å². The predicted octanol–water partition coefficient (Wildman–Crippen LogP) is 3.38. The van der Waals surface area contributed by atoms with Crippen LogP contribution in [0.25, 0.3) is 22.6 Å². The molecule has 1 saturated heterocycles. The first-order valence-corrected chi connectivity index (χ1v) is 11.4. The fraction of sp³-hybridized carbons (Fsp3) is 0.480. The zero-order chi connectivity index (χ0) is 24.8. The number of aliphatic hydroxyl groups is 1. The number of aromatic nitrogens is 2. The van der Waals surface area contributed by atoms with Crippen molar-refractivity contribution in [2.45, 2.75) is 52.7 Å². The minimum absolute atomic E-state index is 0.182. The summed E-state index contributed by atoms with van der Waals surface area (Å²) in [6.45, 7) is 12.7. The molecule has 9 heteroatoms. The van der Waals surface area contributed by atoms with Gasteiger partial charge in [0.1, 0.15) is 11.1 Å². The summed E-state index contributed by atoms with van der Waals surface area (Å²) in [5.41, 5.74) is 1.13. The summed E-state index contributed by atoms with van der Waals surface area (Å²) in [6, 6.07) is 9.10. The van der Waals surface area contributed by atoms with E-state index in [4.69, 9.17) is 9.15 Å². The largest absolute Gasteiger partial charge is 0.444 e. The van der Waals surface area contributed by atoms with Gasteiger partial charge in [-0.25, -0.2) is 14.5 Å². The van der Waals surface area contributed by atoms with Gasteiger partial charge >= 0.3 is 11.7 Å². The van der Waals surface area contributed by atoms with Crippen molar-refractivity contribution in [2.24, 2.45) is 0 Å². The molecular formula is C25H32N4O5. The third-order valence-corrected chi connectivity index (χ3v) is 5.75. The highest BCUT2D eigenvalue weighted by atomic mass is 16.6. The monoisotopic (exact) mass is 468 g/mol. The van der Waals surface area contributed by atoms with E-state index in [0.29, 0.717) is 37.6 Å². The zero-order valence-electron chi connectivity index (χ0n) is 20.6. The Labute approximate surface area is 198 Å².